The van der Waals surface area contributed by atoms with Gasteiger partial charge in [-0.1, -0.05) is 18.2 Å². The Bertz CT molecular complexity index is 463. The summed E-state index contributed by atoms with van der Waals surface area (Å²) >= 11 is 0. The largest absolute Gasteiger partial charge is 0.327 e. The molecular formula is C11H11N3. The molecule has 2 rings (SSSR count). The van der Waals surface area contributed by atoms with Gasteiger partial charge in [-0.05, 0) is 17.7 Å². The van der Waals surface area contributed by atoms with Gasteiger partial charge in [-0.3, -0.25) is 0 Å². The fraction of sp³-hybridized carbons (Fsp3) is 0.0909. The maximum absolute atomic E-state index is 5.38. The number of fused-ring (bicyclic) bond motifs is 1. The first-order chi connectivity index (χ1) is 6.90. The van der Waals surface area contributed by atoms with E-state index in [2.05, 4.69) is 9.97 Å². The van der Waals surface area contributed by atoms with E-state index in [-0.39, 0.29) is 0 Å². The van der Waals surface area contributed by atoms with E-state index in [1.54, 1.807) is 6.33 Å². The molecule has 0 radical (unpaired) electrons. The van der Waals surface area contributed by atoms with Gasteiger partial charge in [-0.15, -0.1) is 0 Å². The lowest BCUT2D eigenvalue weighted by molar-refractivity contribution is 1.22. The molecule has 0 unspecified atom stereocenters. The summed E-state index contributed by atoms with van der Waals surface area (Å²) in [5, 5.41) is 1.05. The highest BCUT2D eigenvalue weighted by molar-refractivity contribution is 5.80. The predicted octanol–water partition coefficient (Wildman–Crippen LogP) is 1.60. The SMILES string of the molecule is NCC=Cc1ccc2ncncc2c1. The summed E-state index contributed by atoms with van der Waals surface area (Å²) in [5.74, 6) is 0. The van der Waals surface area contributed by atoms with Crippen LogP contribution in [-0.4, -0.2) is 16.5 Å². The third kappa shape index (κ3) is 1.78. The van der Waals surface area contributed by atoms with Gasteiger partial charge in [0.05, 0.1) is 5.52 Å². The second kappa shape index (κ2) is 3.98. The normalized spacial score (nSPS) is 11.2. The van der Waals surface area contributed by atoms with Crippen LogP contribution in [0.5, 0.6) is 0 Å². The molecule has 70 valence electrons. The van der Waals surface area contributed by atoms with Crippen LogP contribution in [-0.2, 0) is 0 Å². The zero-order chi connectivity index (χ0) is 9.80. The zero-order valence-electron chi connectivity index (χ0n) is 7.72. The van der Waals surface area contributed by atoms with E-state index in [4.69, 9.17) is 5.73 Å². The van der Waals surface area contributed by atoms with E-state index in [1.165, 1.54) is 0 Å². The quantitative estimate of drug-likeness (QED) is 0.773. The first-order valence-corrected chi connectivity index (χ1v) is 4.46. The van der Waals surface area contributed by atoms with Crippen molar-refractivity contribution < 1.29 is 0 Å². The van der Waals surface area contributed by atoms with Gasteiger partial charge in [0.2, 0.25) is 0 Å². The molecule has 0 spiro atoms. The molecule has 14 heavy (non-hydrogen) atoms. The smallest absolute Gasteiger partial charge is 0.116 e. The van der Waals surface area contributed by atoms with Crippen LogP contribution in [0.2, 0.25) is 0 Å². The van der Waals surface area contributed by atoms with Crippen molar-refractivity contribution in [2.75, 3.05) is 6.54 Å². The lowest BCUT2D eigenvalue weighted by Crippen LogP contribution is -1.91. The van der Waals surface area contributed by atoms with Crippen LogP contribution < -0.4 is 5.73 Å². The van der Waals surface area contributed by atoms with Gasteiger partial charge in [0.25, 0.3) is 0 Å². The molecule has 0 bridgehead atoms. The van der Waals surface area contributed by atoms with Crippen molar-refractivity contribution in [1.29, 1.82) is 0 Å². The number of aromatic nitrogens is 2. The minimum Gasteiger partial charge on any atom is -0.327 e. The van der Waals surface area contributed by atoms with Crippen molar-refractivity contribution in [1.82, 2.24) is 9.97 Å². The average molecular weight is 185 g/mol. The topological polar surface area (TPSA) is 51.8 Å². The lowest BCUT2D eigenvalue weighted by atomic mass is 10.1. The van der Waals surface area contributed by atoms with Crippen molar-refractivity contribution in [3.05, 3.63) is 42.4 Å². The molecule has 0 amide bonds. The summed E-state index contributed by atoms with van der Waals surface area (Å²) in [7, 11) is 0. The number of nitrogens with two attached hydrogens (primary N) is 1. The van der Waals surface area contributed by atoms with Gasteiger partial charge in [-0.25, -0.2) is 9.97 Å². The highest BCUT2D eigenvalue weighted by Crippen LogP contribution is 2.12. The second-order valence-corrected chi connectivity index (χ2v) is 2.98. The monoisotopic (exact) mass is 185 g/mol. The molecule has 3 heteroatoms. The van der Waals surface area contributed by atoms with Crippen LogP contribution in [0.1, 0.15) is 5.56 Å². The first kappa shape index (κ1) is 8.84. The van der Waals surface area contributed by atoms with Gasteiger partial charge in [-0.2, -0.15) is 0 Å². The second-order valence-electron chi connectivity index (χ2n) is 2.98. The van der Waals surface area contributed by atoms with E-state index in [0.29, 0.717) is 6.54 Å². The molecule has 0 aliphatic rings. The third-order valence-corrected chi connectivity index (χ3v) is 1.98. The molecule has 3 nitrogen and oxygen atoms in total. The fourth-order valence-electron chi connectivity index (χ4n) is 1.31. The van der Waals surface area contributed by atoms with Gasteiger partial charge < -0.3 is 5.73 Å². The van der Waals surface area contributed by atoms with Gasteiger partial charge in [0.1, 0.15) is 6.33 Å². The average Bonchev–Trinajstić information content (AvgIpc) is 2.26. The van der Waals surface area contributed by atoms with E-state index in [0.717, 1.165) is 16.5 Å². The summed E-state index contributed by atoms with van der Waals surface area (Å²) in [6.07, 6.45) is 7.28. The Kier molecular flexibility index (Phi) is 2.51. The molecule has 0 saturated carbocycles. The maximum Gasteiger partial charge on any atom is 0.116 e. The molecule has 1 aromatic heterocycles. The third-order valence-electron chi connectivity index (χ3n) is 1.98. The van der Waals surface area contributed by atoms with Gasteiger partial charge in [0.15, 0.2) is 0 Å². The molecule has 0 aliphatic heterocycles. The van der Waals surface area contributed by atoms with Crippen molar-refractivity contribution in [3.8, 4) is 0 Å². The molecule has 0 saturated heterocycles. The zero-order valence-corrected chi connectivity index (χ0v) is 7.72. The van der Waals surface area contributed by atoms with Crippen molar-refractivity contribution in [2.24, 2.45) is 5.73 Å². The Morgan fingerprint density at radius 3 is 3.14 bits per heavy atom. The molecular weight excluding hydrogens is 174 g/mol. The Morgan fingerprint density at radius 2 is 2.29 bits per heavy atom. The highest BCUT2D eigenvalue weighted by Gasteiger charge is 1.93. The Hall–Kier alpha value is -1.74. The summed E-state index contributed by atoms with van der Waals surface area (Å²) in [5.41, 5.74) is 7.46. The summed E-state index contributed by atoms with van der Waals surface area (Å²) in [4.78, 5) is 8.12. The Morgan fingerprint density at radius 1 is 1.36 bits per heavy atom. The molecule has 2 N–H and O–H groups in total. The molecule has 1 aromatic carbocycles. The minimum absolute atomic E-state index is 0.559. The van der Waals surface area contributed by atoms with Gasteiger partial charge >= 0.3 is 0 Å². The Labute approximate surface area is 82.3 Å². The van der Waals surface area contributed by atoms with E-state index < -0.39 is 0 Å². The number of rotatable bonds is 2. The highest BCUT2D eigenvalue weighted by atomic mass is 14.8. The van der Waals surface area contributed by atoms with Crippen LogP contribution in [0.25, 0.3) is 17.0 Å². The number of nitrogens with zero attached hydrogens (tertiary/aromatic N) is 2. The molecule has 0 aliphatic carbocycles. The number of benzene rings is 1. The molecule has 2 aromatic rings. The maximum atomic E-state index is 5.38. The first-order valence-electron chi connectivity index (χ1n) is 4.46. The summed E-state index contributed by atoms with van der Waals surface area (Å²) < 4.78 is 0. The van der Waals surface area contributed by atoms with Crippen molar-refractivity contribution in [3.63, 3.8) is 0 Å². The number of hydrogen-bond donors (Lipinski definition) is 1. The van der Waals surface area contributed by atoms with E-state index in [1.807, 2.05) is 36.5 Å². The van der Waals surface area contributed by atoms with Crippen LogP contribution in [0.4, 0.5) is 0 Å². The van der Waals surface area contributed by atoms with Gasteiger partial charge in [0, 0.05) is 18.1 Å². The molecule has 1 heterocycles. The summed E-state index contributed by atoms with van der Waals surface area (Å²) in [6, 6.07) is 6.04. The molecule has 0 atom stereocenters. The van der Waals surface area contributed by atoms with Crippen LogP contribution in [0.15, 0.2) is 36.8 Å². The molecule has 0 fully saturated rings. The lowest BCUT2D eigenvalue weighted by Gasteiger charge is -1.97. The summed E-state index contributed by atoms with van der Waals surface area (Å²) in [6.45, 7) is 0.559. The van der Waals surface area contributed by atoms with Crippen LogP contribution in [0, 0.1) is 0 Å². The van der Waals surface area contributed by atoms with Crippen LogP contribution in [0.3, 0.4) is 0 Å². The van der Waals surface area contributed by atoms with Crippen molar-refractivity contribution in [2.45, 2.75) is 0 Å². The fourth-order valence-corrected chi connectivity index (χ4v) is 1.31. The van der Waals surface area contributed by atoms with Crippen LogP contribution >= 0.6 is 0 Å². The van der Waals surface area contributed by atoms with E-state index in [9.17, 15) is 0 Å². The Balaban J connectivity index is 2.46. The number of hydrogen-bond acceptors (Lipinski definition) is 3. The standard InChI is InChI=1S/C11H11N3/c12-5-1-2-9-3-4-11-10(6-9)7-13-8-14-11/h1-4,6-8H,5,12H2. The van der Waals surface area contributed by atoms with Crippen molar-refractivity contribution >= 4 is 17.0 Å². The van der Waals surface area contributed by atoms with E-state index >= 15 is 0 Å². The minimum atomic E-state index is 0.559. The predicted molar refractivity (Wildman–Crippen MR) is 57.6 cm³/mol.